The van der Waals surface area contributed by atoms with Crippen LogP contribution < -0.4 is 5.43 Å². The highest BCUT2D eigenvalue weighted by atomic mass is 15.5. The van der Waals surface area contributed by atoms with E-state index in [1.807, 2.05) is 24.2 Å². The van der Waals surface area contributed by atoms with Crippen LogP contribution in [0.15, 0.2) is 25.3 Å². The molecule has 0 saturated carbocycles. The third-order valence-electron chi connectivity index (χ3n) is 0.909. The lowest BCUT2D eigenvalue weighted by molar-refractivity contribution is 0.275. The molecular weight excluding hydrogens is 112 g/mol. The molecule has 0 radical (unpaired) electrons. The first-order chi connectivity index (χ1) is 4.31. The Labute approximate surface area is 56.8 Å². The Bertz CT molecular complexity index is 88.9. The van der Waals surface area contributed by atoms with Gasteiger partial charge in [-0.15, -0.1) is 13.2 Å². The minimum absolute atomic E-state index is 0.810. The molecule has 0 aliphatic carbocycles. The second-order valence-corrected chi connectivity index (χ2v) is 1.82. The second-order valence-electron chi connectivity index (χ2n) is 1.82. The molecular formula is C7H14N2. The fraction of sp³-hybridized carbons (Fsp3) is 0.429. The molecule has 0 aliphatic rings. The summed E-state index contributed by atoms with van der Waals surface area (Å²) in [7, 11) is 1.96. The molecule has 0 fully saturated rings. The molecule has 2 nitrogen and oxygen atoms in total. The predicted molar refractivity (Wildman–Crippen MR) is 41.0 cm³/mol. The second kappa shape index (κ2) is 5.54. The molecule has 0 saturated heterocycles. The van der Waals surface area contributed by atoms with Crippen LogP contribution in [0.5, 0.6) is 0 Å². The first-order valence-electron chi connectivity index (χ1n) is 2.97. The Morgan fingerprint density at radius 3 is 2.56 bits per heavy atom. The fourth-order valence-electron chi connectivity index (χ4n) is 0.479. The zero-order chi connectivity index (χ0) is 7.11. The van der Waals surface area contributed by atoms with Gasteiger partial charge in [0.1, 0.15) is 0 Å². The molecule has 0 unspecified atom stereocenters. The highest BCUT2D eigenvalue weighted by molar-refractivity contribution is 4.72. The zero-order valence-electron chi connectivity index (χ0n) is 5.93. The van der Waals surface area contributed by atoms with Gasteiger partial charge >= 0.3 is 0 Å². The molecule has 0 aromatic carbocycles. The van der Waals surface area contributed by atoms with Crippen molar-refractivity contribution >= 4 is 0 Å². The van der Waals surface area contributed by atoms with Crippen molar-refractivity contribution < 1.29 is 0 Å². The standard InChI is InChI=1S/C7H14N2/c1-4-6-8-9(3)7-5-2/h4-5,8H,1-2,6-7H2,3H3. The summed E-state index contributed by atoms with van der Waals surface area (Å²) in [6.45, 7) is 8.84. The van der Waals surface area contributed by atoms with Crippen molar-refractivity contribution in [2.45, 2.75) is 0 Å². The molecule has 1 N–H and O–H groups in total. The van der Waals surface area contributed by atoms with Gasteiger partial charge < -0.3 is 0 Å². The lowest BCUT2D eigenvalue weighted by Gasteiger charge is -2.13. The van der Waals surface area contributed by atoms with Crippen molar-refractivity contribution in [1.82, 2.24) is 10.4 Å². The summed E-state index contributed by atoms with van der Waals surface area (Å²) < 4.78 is 0. The number of likely N-dealkylation sites (N-methyl/N-ethyl adjacent to an activating group) is 1. The Morgan fingerprint density at radius 1 is 1.44 bits per heavy atom. The maximum atomic E-state index is 3.60. The van der Waals surface area contributed by atoms with Crippen LogP contribution in [0.1, 0.15) is 0 Å². The van der Waals surface area contributed by atoms with Crippen LogP contribution in [0.25, 0.3) is 0 Å². The fourth-order valence-corrected chi connectivity index (χ4v) is 0.479. The quantitative estimate of drug-likeness (QED) is 0.433. The Balaban J connectivity index is 3.14. The van der Waals surface area contributed by atoms with E-state index in [0.717, 1.165) is 13.1 Å². The molecule has 9 heavy (non-hydrogen) atoms. The summed E-state index contributed by atoms with van der Waals surface area (Å²) in [5.74, 6) is 0. The Morgan fingerprint density at radius 2 is 2.11 bits per heavy atom. The minimum Gasteiger partial charge on any atom is -0.251 e. The summed E-state index contributed by atoms with van der Waals surface area (Å²) in [6, 6.07) is 0. The molecule has 0 atom stereocenters. The van der Waals surface area contributed by atoms with Gasteiger partial charge in [-0.05, 0) is 0 Å². The SMILES string of the molecule is C=CCNN(C)CC=C. The van der Waals surface area contributed by atoms with Crippen LogP contribution in [-0.4, -0.2) is 25.1 Å². The van der Waals surface area contributed by atoms with Crippen LogP contribution in [0.4, 0.5) is 0 Å². The number of hydrogen-bond donors (Lipinski definition) is 1. The van der Waals surface area contributed by atoms with Crippen LogP contribution in [-0.2, 0) is 0 Å². The van der Waals surface area contributed by atoms with Gasteiger partial charge in [0.15, 0.2) is 0 Å². The molecule has 0 amide bonds. The summed E-state index contributed by atoms with van der Waals surface area (Å²) >= 11 is 0. The molecule has 0 aromatic heterocycles. The van der Waals surface area contributed by atoms with E-state index >= 15 is 0 Å². The number of nitrogens with one attached hydrogen (secondary N) is 1. The average molecular weight is 126 g/mol. The molecule has 0 spiro atoms. The van der Waals surface area contributed by atoms with Gasteiger partial charge in [0.05, 0.1) is 0 Å². The first kappa shape index (κ1) is 8.40. The van der Waals surface area contributed by atoms with Crippen molar-refractivity contribution in [2.75, 3.05) is 20.1 Å². The summed E-state index contributed by atoms with van der Waals surface area (Å²) in [6.07, 6.45) is 3.66. The van der Waals surface area contributed by atoms with E-state index in [1.165, 1.54) is 0 Å². The summed E-state index contributed by atoms with van der Waals surface area (Å²) in [5, 5.41) is 1.95. The largest absolute Gasteiger partial charge is 0.251 e. The molecule has 2 heteroatoms. The summed E-state index contributed by atoms with van der Waals surface area (Å²) in [5.41, 5.74) is 3.08. The lowest BCUT2D eigenvalue weighted by atomic mass is 10.6. The highest BCUT2D eigenvalue weighted by Gasteiger charge is 1.87. The average Bonchev–Trinajstić information content (AvgIpc) is 1.85. The van der Waals surface area contributed by atoms with Crippen molar-refractivity contribution in [3.8, 4) is 0 Å². The number of hydrazine groups is 1. The smallest absolute Gasteiger partial charge is 0.0306 e. The van der Waals surface area contributed by atoms with E-state index in [1.54, 1.807) is 0 Å². The van der Waals surface area contributed by atoms with E-state index in [4.69, 9.17) is 0 Å². The van der Waals surface area contributed by atoms with Crippen molar-refractivity contribution in [1.29, 1.82) is 0 Å². The van der Waals surface area contributed by atoms with Crippen molar-refractivity contribution in [3.05, 3.63) is 25.3 Å². The van der Waals surface area contributed by atoms with E-state index in [9.17, 15) is 0 Å². The molecule has 0 bridgehead atoms. The lowest BCUT2D eigenvalue weighted by Crippen LogP contribution is -2.34. The molecule has 52 valence electrons. The third-order valence-corrected chi connectivity index (χ3v) is 0.909. The maximum Gasteiger partial charge on any atom is 0.0306 e. The van der Waals surface area contributed by atoms with E-state index in [2.05, 4.69) is 18.6 Å². The van der Waals surface area contributed by atoms with E-state index in [-0.39, 0.29) is 0 Å². The molecule has 0 aromatic rings. The van der Waals surface area contributed by atoms with Crippen LogP contribution in [0, 0.1) is 0 Å². The monoisotopic (exact) mass is 126 g/mol. The topological polar surface area (TPSA) is 15.3 Å². The van der Waals surface area contributed by atoms with Crippen LogP contribution in [0.3, 0.4) is 0 Å². The normalized spacial score (nSPS) is 9.56. The minimum atomic E-state index is 0.810. The van der Waals surface area contributed by atoms with Gasteiger partial charge in [0.25, 0.3) is 0 Å². The Hall–Kier alpha value is -0.600. The van der Waals surface area contributed by atoms with Gasteiger partial charge in [-0.1, -0.05) is 12.2 Å². The number of rotatable bonds is 5. The van der Waals surface area contributed by atoms with Crippen LogP contribution in [0.2, 0.25) is 0 Å². The third kappa shape index (κ3) is 5.27. The van der Waals surface area contributed by atoms with Crippen molar-refractivity contribution in [2.24, 2.45) is 0 Å². The van der Waals surface area contributed by atoms with Crippen LogP contribution >= 0.6 is 0 Å². The van der Waals surface area contributed by atoms with Gasteiger partial charge in [-0.2, -0.15) is 0 Å². The highest BCUT2D eigenvalue weighted by Crippen LogP contribution is 1.73. The molecule has 0 aliphatic heterocycles. The van der Waals surface area contributed by atoms with Gasteiger partial charge in [0.2, 0.25) is 0 Å². The van der Waals surface area contributed by atoms with E-state index in [0.29, 0.717) is 0 Å². The van der Waals surface area contributed by atoms with E-state index < -0.39 is 0 Å². The number of hydrogen-bond acceptors (Lipinski definition) is 2. The Kier molecular flexibility index (Phi) is 5.17. The predicted octanol–water partition coefficient (Wildman–Crippen LogP) is 0.795. The van der Waals surface area contributed by atoms with Gasteiger partial charge in [0, 0.05) is 20.1 Å². The number of nitrogens with zero attached hydrogens (tertiary/aromatic N) is 1. The molecule has 0 heterocycles. The molecule has 0 rings (SSSR count). The zero-order valence-corrected chi connectivity index (χ0v) is 5.93. The van der Waals surface area contributed by atoms with Gasteiger partial charge in [-0.3, -0.25) is 5.43 Å². The van der Waals surface area contributed by atoms with Crippen molar-refractivity contribution in [3.63, 3.8) is 0 Å². The first-order valence-corrected chi connectivity index (χ1v) is 2.97. The maximum absolute atomic E-state index is 3.60. The van der Waals surface area contributed by atoms with Gasteiger partial charge in [-0.25, -0.2) is 5.01 Å². The summed E-state index contributed by atoms with van der Waals surface area (Å²) in [4.78, 5) is 0.